The minimum atomic E-state index is -0.708. The summed E-state index contributed by atoms with van der Waals surface area (Å²) in [5.41, 5.74) is -0.637. The highest BCUT2D eigenvalue weighted by Gasteiger charge is 2.42. The van der Waals surface area contributed by atoms with E-state index < -0.39 is 11.4 Å². The summed E-state index contributed by atoms with van der Waals surface area (Å²) in [4.78, 5) is 11.0. The third-order valence-corrected chi connectivity index (χ3v) is 3.62. The lowest BCUT2D eigenvalue weighted by Crippen LogP contribution is -2.42. The molecule has 0 heterocycles. The monoisotopic (exact) mass is 211 g/mol. The van der Waals surface area contributed by atoms with Crippen molar-refractivity contribution >= 4 is 5.97 Å². The van der Waals surface area contributed by atoms with Crippen molar-refractivity contribution in [1.82, 2.24) is 5.32 Å². The Morgan fingerprint density at radius 3 is 2.13 bits per heavy atom. The lowest BCUT2D eigenvalue weighted by Gasteiger charge is -2.25. The van der Waals surface area contributed by atoms with Gasteiger partial charge in [-0.2, -0.15) is 0 Å². The van der Waals surface area contributed by atoms with Crippen LogP contribution in [0.1, 0.15) is 39.5 Å². The van der Waals surface area contributed by atoms with Gasteiger partial charge in [-0.3, -0.25) is 4.79 Å². The van der Waals surface area contributed by atoms with Gasteiger partial charge in [0.25, 0.3) is 0 Å². The van der Waals surface area contributed by atoms with Gasteiger partial charge in [0.15, 0.2) is 0 Å². The standard InChI is InChI=1S/C12H21NO2/c1-12(2,11(14)15)7-13-10(8-3-4-8)9-5-6-9/h8-10,13H,3-7H2,1-2H3,(H,14,15). The molecular formula is C12H21NO2. The van der Waals surface area contributed by atoms with Gasteiger partial charge in [0.1, 0.15) is 0 Å². The molecule has 2 rings (SSSR count). The summed E-state index contributed by atoms with van der Waals surface area (Å²) in [6.45, 7) is 4.18. The minimum absolute atomic E-state index is 0.597. The first-order valence-electron chi connectivity index (χ1n) is 5.97. The largest absolute Gasteiger partial charge is 0.481 e. The van der Waals surface area contributed by atoms with Crippen molar-refractivity contribution in [2.24, 2.45) is 17.3 Å². The van der Waals surface area contributed by atoms with Crippen LogP contribution in [0.4, 0.5) is 0 Å². The van der Waals surface area contributed by atoms with E-state index >= 15 is 0 Å². The van der Waals surface area contributed by atoms with Crippen molar-refractivity contribution in [2.45, 2.75) is 45.6 Å². The predicted molar refractivity (Wildman–Crippen MR) is 58.7 cm³/mol. The van der Waals surface area contributed by atoms with Crippen molar-refractivity contribution in [1.29, 1.82) is 0 Å². The van der Waals surface area contributed by atoms with Crippen molar-refractivity contribution in [3.05, 3.63) is 0 Å². The number of carboxylic acid groups (broad SMARTS) is 1. The van der Waals surface area contributed by atoms with Crippen LogP contribution in [-0.2, 0) is 4.79 Å². The zero-order valence-corrected chi connectivity index (χ0v) is 9.62. The summed E-state index contributed by atoms with van der Waals surface area (Å²) in [7, 11) is 0. The van der Waals surface area contributed by atoms with E-state index in [4.69, 9.17) is 5.11 Å². The SMILES string of the molecule is CC(C)(CNC(C1CC1)C1CC1)C(=O)O. The predicted octanol–water partition coefficient (Wildman–Crippen LogP) is 1.88. The maximum atomic E-state index is 11.0. The van der Waals surface area contributed by atoms with E-state index in [-0.39, 0.29) is 0 Å². The normalized spacial score (nSPS) is 22.1. The molecule has 0 radical (unpaired) electrons. The highest BCUT2D eigenvalue weighted by molar-refractivity contribution is 5.73. The zero-order valence-electron chi connectivity index (χ0n) is 9.62. The molecule has 0 aromatic rings. The van der Waals surface area contributed by atoms with Crippen molar-refractivity contribution in [3.8, 4) is 0 Å². The average molecular weight is 211 g/mol. The average Bonchev–Trinajstić information content (AvgIpc) is 2.99. The van der Waals surface area contributed by atoms with E-state index in [0.29, 0.717) is 12.6 Å². The van der Waals surface area contributed by atoms with Crippen LogP contribution in [0.2, 0.25) is 0 Å². The highest BCUT2D eigenvalue weighted by Crippen LogP contribution is 2.44. The molecule has 0 aliphatic heterocycles. The molecule has 2 fully saturated rings. The van der Waals surface area contributed by atoms with E-state index in [0.717, 1.165) is 11.8 Å². The molecular weight excluding hydrogens is 190 g/mol. The number of rotatable bonds is 6. The Balaban J connectivity index is 1.82. The fourth-order valence-corrected chi connectivity index (χ4v) is 2.08. The Morgan fingerprint density at radius 1 is 1.33 bits per heavy atom. The molecule has 0 spiro atoms. The first-order chi connectivity index (χ1) is 7.00. The van der Waals surface area contributed by atoms with Crippen LogP contribution in [0.25, 0.3) is 0 Å². The molecule has 2 N–H and O–H groups in total. The van der Waals surface area contributed by atoms with E-state index in [1.807, 2.05) is 0 Å². The van der Waals surface area contributed by atoms with E-state index in [2.05, 4.69) is 5.32 Å². The Hall–Kier alpha value is -0.570. The third-order valence-electron chi connectivity index (χ3n) is 3.62. The highest BCUT2D eigenvalue weighted by atomic mass is 16.4. The number of hydrogen-bond acceptors (Lipinski definition) is 2. The lowest BCUT2D eigenvalue weighted by atomic mass is 9.93. The number of hydrogen-bond donors (Lipinski definition) is 2. The molecule has 3 nitrogen and oxygen atoms in total. The summed E-state index contributed by atoms with van der Waals surface area (Å²) in [6, 6.07) is 0.601. The second kappa shape index (κ2) is 3.78. The fraction of sp³-hybridized carbons (Fsp3) is 0.917. The molecule has 0 bridgehead atoms. The van der Waals surface area contributed by atoms with Gasteiger partial charge < -0.3 is 10.4 Å². The molecule has 2 saturated carbocycles. The summed E-state index contributed by atoms with van der Waals surface area (Å²) in [5.74, 6) is 0.963. The van der Waals surface area contributed by atoms with Gasteiger partial charge in [-0.1, -0.05) is 0 Å². The quantitative estimate of drug-likeness (QED) is 0.705. The summed E-state index contributed by atoms with van der Waals surface area (Å²) >= 11 is 0. The van der Waals surface area contributed by atoms with Crippen LogP contribution >= 0.6 is 0 Å². The molecule has 2 aliphatic carbocycles. The van der Waals surface area contributed by atoms with Crippen LogP contribution in [0, 0.1) is 17.3 Å². The Labute approximate surface area is 91.2 Å². The van der Waals surface area contributed by atoms with Gasteiger partial charge >= 0.3 is 5.97 Å². The van der Waals surface area contributed by atoms with Crippen LogP contribution in [0.5, 0.6) is 0 Å². The number of carbonyl (C=O) groups is 1. The molecule has 2 aliphatic rings. The van der Waals surface area contributed by atoms with Crippen LogP contribution < -0.4 is 5.32 Å². The molecule has 0 aromatic carbocycles. The summed E-state index contributed by atoms with van der Waals surface area (Å²) in [5, 5.41) is 12.5. The lowest BCUT2D eigenvalue weighted by molar-refractivity contribution is -0.146. The smallest absolute Gasteiger partial charge is 0.310 e. The van der Waals surface area contributed by atoms with Gasteiger partial charge in [-0.05, 0) is 51.4 Å². The Bertz CT molecular complexity index is 242. The second-order valence-electron chi connectivity index (χ2n) is 5.77. The number of aliphatic carboxylic acids is 1. The van der Waals surface area contributed by atoms with Gasteiger partial charge in [0.2, 0.25) is 0 Å². The molecule has 86 valence electrons. The second-order valence-corrected chi connectivity index (χ2v) is 5.77. The number of nitrogens with one attached hydrogen (secondary N) is 1. The Morgan fingerprint density at radius 2 is 1.80 bits per heavy atom. The van der Waals surface area contributed by atoms with Gasteiger partial charge in [0.05, 0.1) is 5.41 Å². The first-order valence-corrected chi connectivity index (χ1v) is 5.97. The summed E-state index contributed by atoms with van der Waals surface area (Å²) in [6.07, 6.45) is 5.34. The molecule has 0 aromatic heterocycles. The molecule has 3 heteroatoms. The zero-order chi connectivity index (χ0) is 11.1. The van der Waals surface area contributed by atoms with Crippen molar-refractivity contribution < 1.29 is 9.90 Å². The first kappa shape index (κ1) is 10.9. The molecule has 0 atom stereocenters. The van der Waals surface area contributed by atoms with E-state index in [1.54, 1.807) is 13.8 Å². The molecule has 0 amide bonds. The van der Waals surface area contributed by atoms with E-state index in [1.165, 1.54) is 25.7 Å². The van der Waals surface area contributed by atoms with Crippen molar-refractivity contribution in [2.75, 3.05) is 6.54 Å². The minimum Gasteiger partial charge on any atom is -0.481 e. The molecule has 0 unspecified atom stereocenters. The van der Waals surface area contributed by atoms with Gasteiger partial charge in [-0.15, -0.1) is 0 Å². The Kier molecular flexibility index (Phi) is 2.75. The number of carboxylic acids is 1. The van der Waals surface area contributed by atoms with Crippen molar-refractivity contribution in [3.63, 3.8) is 0 Å². The van der Waals surface area contributed by atoms with Crippen LogP contribution in [-0.4, -0.2) is 23.7 Å². The third kappa shape index (κ3) is 2.71. The van der Waals surface area contributed by atoms with E-state index in [9.17, 15) is 4.79 Å². The topological polar surface area (TPSA) is 49.3 Å². The van der Waals surface area contributed by atoms with Gasteiger partial charge in [0, 0.05) is 12.6 Å². The maximum absolute atomic E-state index is 11.0. The summed E-state index contributed by atoms with van der Waals surface area (Å²) < 4.78 is 0. The van der Waals surface area contributed by atoms with Crippen LogP contribution in [0.15, 0.2) is 0 Å². The fourth-order valence-electron chi connectivity index (χ4n) is 2.08. The molecule has 0 saturated heterocycles. The maximum Gasteiger partial charge on any atom is 0.310 e. The van der Waals surface area contributed by atoms with Crippen LogP contribution in [0.3, 0.4) is 0 Å². The van der Waals surface area contributed by atoms with Gasteiger partial charge in [-0.25, -0.2) is 0 Å². The molecule has 15 heavy (non-hydrogen) atoms.